The monoisotopic (exact) mass is 402 g/mol. The van der Waals surface area contributed by atoms with Gasteiger partial charge >= 0.3 is 6.18 Å². The summed E-state index contributed by atoms with van der Waals surface area (Å²) in [6.07, 6.45) is -3.88. The van der Waals surface area contributed by atoms with Crippen LogP contribution in [0.25, 0.3) is 11.1 Å². The summed E-state index contributed by atoms with van der Waals surface area (Å²) in [4.78, 5) is 2.28. The zero-order valence-corrected chi connectivity index (χ0v) is 15.6. The summed E-state index contributed by atoms with van der Waals surface area (Å²) in [6.45, 7) is 3.17. The van der Waals surface area contributed by atoms with Gasteiger partial charge in [-0.3, -0.25) is 9.29 Å². The molecule has 0 spiro atoms. The Kier molecular flexibility index (Phi) is 7.65. The van der Waals surface area contributed by atoms with E-state index in [0.29, 0.717) is 6.42 Å². The van der Waals surface area contributed by atoms with E-state index in [2.05, 4.69) is 10.2 Å². The van der Waals surface area contributed by atoms with Crippen molar-refractivity contribution in [2.24, 2.45) is 0 Å². The lowest BCUT2D eigenvalue weighted by molar-refractivity contribution is -0.137. The molecule has 1 heterocycles. The molecule has 1 aliphatic heterocycles. The first-order chi connectivity index (χ1) is 12.5. The minimum Gasteiger partial charge on any atom is -0.314 e. The highest BCUT2D eigenvalue weighted by Crippen LogP contribution is 2.32. The van der Waals surface area contributed by atoms with Crippen LogP contribution in [0.3, 0.4) is 0 Å². The standard InChI is InChI=1S/C20H22F4N2.ClH/c21-10-9-19(26-13-11-25-12-14-26)17-3-1-15(2-4-17)16-5-7-18(8-6-16)20(22,23)24;/h1-8,19,25H,9-14H2;1H/t19-;/m1./s1. The molecule has 7 heteroatoms. The van der Waals surface area contributed by atoms with Crippen molar-refractivity contribution in [1.82, 2.24) is 10.2 Å². The Hall–Kier alpha value is -1.63. The van der Waals surface area contributed by atoms with Gasteiger partial charge in [-0.1, -0.05) is 36.4 Å². The summed E-state index contributed by atoms with van der Waals surface area (Å²) in [6, 6.07) is 12.9. The van der Waals surface area contributed by atoms with E-state index >= 15 is 0 Å². The van der Waals surface area contributed by atoms with E-state index in [9.17, 15) is 17.6 Å². The molecule has 0 radical (unpaired) electrons. The first-order valence-electron chi connectivity index (χ1n) is 8.77. The largest absolute Gasteiger partial charge is 0.416 e. The van der Waals surface area contributed by atoms with Crippen LogP contribution in [0.2, 0.25) is 0 Å². The highest BCUT2D eigenvalue weighted by molar-refractivity contribution is 5.85. The van der Waals surface area contributed by atoms with Gasteiger partial charge in [0.05, 0.1) is 12.2 Å². The summed E-state index contributed by atoms with van der Waals surface area (Å²) in [5.74, 6) is 0. The van der Waals surface area contributed by atoms with Crippen LogP contribution in [0, 0.1) is 0 Å². The van der Waals surface area contributed by atoms with Crippen LogP contribution in [0.4, 0.5) is 17.6 Å². The quantitative estimate of drug-likeness (QED) is 0.700. The molecule has 2 nitrogen and oxygen atoms in total. The SMILES string of the molecule is Cl.FCC[C@H](c1ccc(-c2ccc(C(F)(F)F)cc2)cc1)N1CCNCC1. The molecule has 0 aliphatic carbocycles. The van der Waals surface area contributed by atoms with Crippen LogP contribution in [0.5, 0.6) is 0 Å². The highest BCUT2D eigenvalue weighted by atomic mass is 35.5. The van der Waals surface area contributed by atoms with E-state index in [4.69, 9.17) is 0 Å². The molecule has 2 aromatic rings. The Morgan fingerprint density at radius 2 is 1.41 bits per heavy atom. The Labute approximate surface area is 163 Å². The molecular formula is C20H23ClF4N2. The zero-order chi connectivity index (χ0) is 18.6. The smallest absolute Gasteiger partial charge is 0.314 e. The van der Waals surface area contributed by atoms with E-state index in [0.717, 1.165) is 55.0 Å². The van der Waals surface area contributed by atoms with Crippen molar-refractivity contribution in [2.45, 2.75) is 18.6 Å². The maximum absolute atomic E-state index is 13.0. The minimum absolute atomic E-state index is 0. The van der Waals surface area contributed by atoms with Gasteiger partial charge in [-0.15, -0.1) is 12.4 Å². The van der Waals surface area contributed by atoms with Crippen LogP contribution in [0.15, 0.2) is 48.5 Å². The lowest BCUT2D eigenvalue weighted by Gasteiger charge is -2.35. The summed E-state index contributed by atoms with van der Waals surface area (Å²) >= 11 is 0. The van der Waals surface area contributed by atoms with E-state index < -0.39 is 11.7 Å². The Balaban J connectivity index is 0.00000261. The third kappa shape index (κ3) is 5.43. The number of halogens is 5. The molecule has 0 bridgehead atoms. The maximum Gasteiger partial charge on any atom is 0.416 e. The number of nitrogens with one attached hydrogen (secondary N) is 1. The van der Waals surface area contributed by atoms with Crippen molar-refractivity contribution in [3.05, 3.63) is 59.7 Å². The summed E-state index contributed by atoms with van der Waals surface area (Å²) in [5, 5.41) is 3.29. The molecule has 1 fully saturated rings. The molecule has 1 saturated heterocycles. The molecule has 148 valence electrons. The second kappa shape index (κ2) is 9.53. The van der Waals surface area contributed by atoms with Crippen molar-refractivity contribution in [2.75, 3.05) is 32.9 Å². The summed E-state index contributed by atoms with van der Waals surface area (Å²) in [5.41, 5.74) is 1.97. The first-order valence-corrected chi connectivity index (χ1v) is 8.77. The molecule has 0 unspecified atom stereocenters. The van der Waals surface area contributed by atoms with Gasteiger partial charge in [0.2, 0.25) is 0 Å². The maximum atomic E-state index is 13.0. The molecule has 0 amide bonds. The normalized spacial score (nSPS) is 16.6. The number of rotatable bonds is 5. The fourth-order valence-corrected chi connectivity index (χ4v) is 3.41. The topological polar surface area (TPSA) is 15.3 Å². The van der Waals surface area contributed by atoms with Gasteiger partial charge in [0.25, 0.3) is 0 Å². The first kappa shape index (κ1) is 21.7. The van der Waals surface area contributed by atoms with Gasteiger partial charge in [-0.2, -0.15) is 13.2 Å². The summed E-state index contributed by atoms with van der Waals surface area (Å²) in [7, 11) is 0. The predicted octanol–water partition coefficient (Wildman–Crippen LogP) is 5.10. The van der Waals surface area contributed by atoms with Crippen LogP contribution < -0.4 is 5.32 Å². The average Bonchev–Trinajstić information content (AvgIpc) is 2.66. The molecule has 3 rings (SSSR count). The number of piperazine rings is 1. The van der Waals surface area contributed by atoms with E-state index in [1.54, 1.807) is 0 Å². The van der Waals surface area contributed by atoms with Crippen LogP contribution >= 0.6 is 12.4 Å². The van der Waals surface area contributed by atoms with Gasteiger partial charge in [-0.25, -0.2) is 0 Å². The molecular weight excluding hydrogens is 380 g/mol. The van der Waals surface area contributed by atoms with E-state index in [1.165, 1.54) is 12.1 Å². The number of nitrogens with zero attached hydrogens (tertiary/aromatic N) is 1. The Morgan fingerprint density at radius 1 is 0.889 bits per heavy atom. The van der Waals surface area contributed by atoms with Gasteiger partial charge in [0.15, 0.2) is 0 Å². The van der Waals surface area contributed by atoms with Crippen molar-refractivity contribution < 1.29 is 17.6 Å². The van der Waals surface area contributed by atoms with Crippen LogP contribution in [-0.4, -0.2) is 37.8 Å². The van der Waals surface area contributed by atoms with E-state index in [1.807, 2.05) is 24.3 Å². The van der Waals surface area contributed by atoms with Crippen molar-refractivity contribution in [3.8, 4) is 11.1 Å². The third-order valence-electron chi connectivity index (χ3n) is 4.82. The third-order valence-corrected chi connectivity index (χ3v) is 4.82. The number of hydrogen-bond acceptors (Lipinski definition) is 2. The number of benzene rings is 2. The lowest BCUT2D eigenvalue weighted by Crippen LogP contribution is -2.45. The molecule has 0 saturated carbocycles. The molecule has 27 heavy (non-hydrogen) atoms. The lowest BCUT2D eigenvalue weighted by atomic mass is 9.97. The van der Waals surface area contributed by atoms with E-state index in [-0.39, 0.29) is 25.1 Å². The fourth-order valence-electron chi connectivity index (χ4n) is 3.41. The second-order valence-electron chi connectivity index (χ2n) is 6.48. The van der Waals surface area contributed by atoms with Crippen LogP contribution in [-0.2, 0) is 6.18 Å². The average molecular weight is 403 g/mol. The Morgan fingerprint density at radius 3 is 1.89 bits per heavy atom. The van der Waals surface area contributed by atoms with Crippen molar-refractivity contribution in [3.63, 3.8) is 0 Å². The van der Waals surface area contributed by atoms with Gasteiger partial charge in [0, 0.05) is 32.2 Å². The van der Waals surface area contributed by atoms with Crippen molar-refractivity contribution >= 4 is 12.4 Å². The van der Waals surface area contributed by atoms with Gasteiger partial charge in [0.1, 0.15) is 0 Å². The fraction of sp³-hybridized carbons (Fsp3) is 0.400. The minimum atomic E-state index is -4.33. The van der Waals surface area contributed by atoms with Gasteiger partial charge < -0.3 is 5.32 Å². The number of alkyl halides is 4. The molecule has 1 N–H and O–H groups in total. The zero-order valence-electron chi connectivity index (χ0n) is 14.8. The molecule has 1 aliphatic rings. The Bertz CT molecular complexity index is 695. The number of hydrogen-bond donors (Lipinski definition) is 1. The molecule has 2 aromatic carbocycles. The van der Waals surface area contributed by atoms with Crippen molar-refractivity contribution in [1.29, 1.82) is 0 Å². The molecule has 0 aromatic heterocycles. The van der Waals surface area contributed by atoms with Gasteiger partial charge in [-0.05, 0) is 35.2 Å². The van der Waals surface area contributed by atoms with Crippen LogP contribution in [0.1, 0.15) is 23.6 Å². The highest BCUT2D eigenvalue weighted by Gasteiger charge is 2.30. The predicted molar refractivity (Wildman–Crippen MR) is 102 cm³/mol. The second-order valence-corrected chi connectivity index (χ2v) is 6.48. The molecule has 1 atom stereocenters. The summed E-state index contributed by atoms with van der Waals surface area (Å²) < 4.78 is 51.0.